The number of likely N-dealkylation sites (tertiary alicyclic amines) is 1. The Balaban J connectivity index is 2.26. The van der Waals surface area contributed by atoms with Crippen LogP contribution in [0.15, 0.2) is 0 Å². The fraction of sp³-hybridized carbons (Fsp3) is 1.00. The second kappa shape index (κ2) is 6.16. The second-order valence-corrected chi connectivity index (χ2v) is 7.90. The molecule has 1 rings (SSSR count). The van der Waals surface area contributed by atoms with E-state index in [0.29, 0.717) is 18.5 Å². The van der Waals surface area contributed by atoms with E-state index in [1.165, 1.54) is 19.2 Å². The molecule has 0 aromatic carbocycles. The fourth-order valence-electron chi connectivity index (χ4n) is 2.33. The molecule has 1 fully saturated rings. The molecule has 4 nitrogen and oxygen atoms in total. The van der Waals surface area contributed by atoms with Crippen molar-refractivity contribution in [3.05, 3.63) is 0 Å². The molecular weight excluding hydrogens is 236 g/mol. The van der Waals surface area contributed by atoms with Crippen molar-refractivity contribution in [2.24, 2.45) is 5.92 Å². The van der Waals surface area contributed by atoms with E-state index in [4.69, 9.17) is 0 Å². The van der Waals surface area contributed by atoms with Crippen LogP contribution in [0.2, 0.25) is 0 Å². The zero-order valence-corrected chi connectivity index (χ0v) is 12.3. The molecule has 17 heavy (non-hydrogen) atoms. The maximum atomic E-state index is 11.1. The summed E-state index contributed by atoms with van der Waals surface area (Å²) in [5, 5.41) is 0. The monoisotopic (exact) mass is 262 g/mol. The molecule has 1 aliphatic heterocycles. The molecule has 102 valence electrons. The van der Waals surface area contributed by atoms with Crippen LogP contribution in [0.4, 0.5) is 0 Å². The van der Waals surface area contributed by atoms with Crippen LogP contribution in [0.1, 0.15) is 20.3 Å². The molecule has 0 aromatic rings. The van der Waals surface area contributed by atoms with Gasteiger partial charge in [-0.25, -0.2) is 8.42 Å². The topological polar surface area (TPSA) is 40.6 Å². The van der Waals surface area contributed by atoms with Crippen LogP contribution >= 0.6 is 0 Å². The Morgan fingerprint density at radius 3 is 2.53 bits per heavy atom. The molecule has 1 saturated heterocycles. The number of hydrogen-bond donors (Lipinski definition) is 0. The van der Waals surface area contributed by atoms with Gasteiger partial charge in [0.1, 0.15) is 9.84 Å². The lowest BCUT2D eigenvalue weighted by Crippen LogP contribution is -2.33. The van der Waals surface area contributed by atoms with Gasteiger partial charge in [-0.05, 0) is 39.8 Å². The lowest BCUT2D eigenvalue weighted by Gasteiger charge is -2.23. The van der Waals surface area contributed by atoms with Crippen LogP contribution in [0.3, 0.4) is 0 Å². The van der Waals surface area contributed by atoms with Gasteiger partial charge in [-0.2, -0.15) is 0 Å². The van der Waals surface area contributed by atoms with Gasteiger partial charge in [-0.3, -0.25) is 0 Å². The summed E-state index contributed by atoms with van der Waals surface area (Å²) in [5.74, 6) is 0.964. The van der Waals surface area contributed by atoms with Crippen molar-refractivity contribution < 1.29 is 8.42 Å². The molecule has 0 bridgehead atoms. The predicted molar refractivity (Wildman–Crippen MR) is 72.0 cm³/mol. The molecule has 0 spiro atoms. The minimum atomic E-state index is -2.83. The van der Waals surface area contributed by atoms with E-state index in [-0.39, 0.29) is 5.75 Å². The average Bonchev–Trinajstić information content (AvgIpc) is 2.62. The number of nitrogens with zero attached hydrogens (tertiary/aromatic N) is 2. The molecule has 5 heteroatoms. The average molecular weight is 262 g/mol. The van der Waals surface area contributed by atoms with Crippen LogP contribution < -0.4 is 0 Å². The third-order valence-electron chi connectivity index (χ3n) is 3.46. The molecule has 0 radical (unpaired) electrons. The Morgan fingerprint density at radius 1 is 1.41 bits per heavy atom. The first-order chi connectivity index (χ1) is 7.78. The SMILES string of the molecule is CC(C)N1CCC(CN(C)CCS(C)(=O)=O)C1. The van der Waals surface area contributed by atoms with Crippen LogP contribution in [0.5, 0.6) is 0 Å². The predicted octanol–water partition coefficient (Wildman–Crippen LogP) is 0.693. The smallest absolute Gasteiger partial charge is 0.148 e. The lowest BCUT2D eigenvalue weighted by atomic mass is 10.1. The van der Waals surface area contributed by atoms with Crippen LogP contribution in [0.25, 0.3) is 0 Å². The van der Waals surface area contributed by atoms with Gasteiger partial charge in [0, 0.05) is 31.9 Å². The first-order valence-corrected chi connectivity index (χ1v) is 8.44. The van der Waals surface area contributed by atoms with Crippen LogP contribution in [-0.4, -0.2) is 69.5 Å². The van der Waals surface area contributed by atoms with Crippen molar-refractivity contribution in [2.45, 2.75) is 26.3 Å². The van der Waals surface area contributed by atoms with E-state index in [2.05, 4.69) is 23.6 Å². The van der Waals surface area contributed by atoms with E-state index in [9.17, 15) is 8.42 Å². The molecule has 1 atom stereocenters. The minimum Gasteiger partial charge on any atom is -0.305 e. The van der Waals surface area contributed by atoms with Gasteiger partial charge in [0.25, 0.3) is 0 Å². The van der Waals surface area contributed by atoms with Gasteiger partial charge in [0.05, 0.1) is 5.75 Å². The highest BCUT2D eigenvalue weighted by atomic mass is 32.2. The van der Waals surface area contributed by atoms with E-state index in [1.807, 2.05) is 7.05 Å². The Hall–Kier alpha value is -0.130. The number of hydrogen-bond acceptors (Lipinski definition) is 4. The van der Waals surface area contributed by atoms with Gasteiger partial charge in [-0.15, -0.1) is 0 Å². The summed E-state index contributed by atoms with van der Waals surface area (Å²) in [4.78, 5) is 4.64. The molecule has 1 unspecified atom stereocenters. The summed E-state index contributed by atoms with van der Waals surface area (Å²) < 4.78 is 22.2. The minimum absolute atomic E-state index is 0.268. The molecule has 1 aliphatic rings. The molecule has 0 aromatic heterocycles. The summed E-state index contributed by atoms with van der Waals surface area (Å²) >= 11 is 0. The van der Waals surface area contributed by atoms with Crippen molar-refractivity contribution in [3.8, 4) is 0 Å². The maximum absolute atomic E-state index is 11.1. The first-order valence-electron chi connectivity index (χ1n) is 6.38. The zero-order chi connectivity index (χ0) is 13.1. The van der Waals surface area contributed by atoms with Gasteiger partial charge in [-0.1, -0.05) is 0 Å². The normalized spacial score (nSPS) is 22.8. The van der Waals surface area contributed by atoms with Crippen molar-refractivity contribution in [2.75, 3.05) is 45.2 Å². The Labute approximate surface area is 106 Å². The van der Waals surface area contributed by atoms with Gasteiger partial charge < -0.3 is 9.80 Å². The fourth-order valence-corrected chi connectivity index (χ4v) is 2.98. The molecule has 0 N–H and O–H groups in total. The summed E-state index contributed by atoms with van der Waals surface area (Å²) in [6.07, 6.45) is 2.54. The van der Waals surface area contributed by atoms with Crippen molar-refractivity contribution >= 4 is 9.84 Å². The summed E-state index contributed by atoms with van der Waals surface area (Å²) in [5.41, 5.74) is 0. The Morgan fingerprint density at radius 2 is 2.06 bits per heavy atom. The number of sulfone groups is 1. The maximum Gasteiger partial charge on any atom is 0.148 e. The van der Waals surface area contributed by atoms with Crippen molar-refractivity contribution in [3.63, 3.8) is 0 Å². The highest BCUT2D eigenvalue weighted by Crippen LogP contribution is 2.18. The molecule has 0 amide bonds. The second-order valence-electron chi connectivity index (χ2n) is 5.64. The first kappa shape index (κ1) is 14.9. The quantitative estimate of drug-likeness (QED) is 0.706. The molecule has 0 saturated carbocycles. The van der Waals surface area contributed by atoms with Crippen molar-refractivity contribution in [1.82, 2.24) is 9.80 Å². The summed E-state index contributed by atoms with van der Waals surface area (Å²) in [6, 6.07) is 0.626. The van der Waals surface area contributed by atoms with E-state index < -0.39 is 9.84 Å². The zero-order valence-electron chi connectivity index (χ0n) is 11.5. The summed E-state index contributed by atoms with van der Waals surface area (Å²) in [7, 11) is -0.812. The van der Waals surface area contributed by atoms with Crippen LogP contribution in [0, 0.1) is 5.92 Å². The lowest BCUT2D eigenvalue weighted by molar-refractivity contribution is 0.242. The molecule has 1 heterocycles. The van der Waals surface area contributed by atoms with E-state index in [1.54, 1.807) is 0 Å². The highest BCUT2D eigenvalue weighted by Gasteiger charge is 2.24. The van der Waals surface area contributed by atoms with E-state index >= 15 is 0 Å². The largest absolute Gasteiger partial charge is 0.305 e. The standard InChI is InChI=1S/C12H26N2O2S/c1-11(2)14-6-5-12(10-14)9-13(3)7-8-17(4,15)16/h11-12H,5-10H2,1-4H3. The van der Waals surface area contributed by atoms with E-state index in [0.717, 1.165) is 13.1 Å². The Bertz CT molecular complexity index is 327. The third-order valence-corrected chi connectivity index (χ3v) is 4.39. The Kier molecular flexibility index (Phi) is 5.41. The molecule has 0 aliphatic carbocycles. The van der Waals surface area contributed by atoms with Gasteiger partial charge >= 0.3 is 0 Å². The number of rotatable bonds is 6. The molecular formula is C12H26N2O2S. The summed E-state index contributed by atoms with van der Waals surface area (Å²) in [6.45, 7) is 8.46. The highest BCUT2D eigenvalue weighted by molar-refractivity contribution is 7.90. The van der Waals surface area contributed by atoms with Crippen LogP contribution in [-0.2, 0) is 9.84 Å². The van der Waals surface area contributed by atoms with Gasteiger partial charge in [0.2, 0.25) is 0 Å². The van der Waals surface area contributed by atoms with Crippen molar-refractivity contribution in [1.29, 1.82) is 0 Å². The van der Waals surface area contributed by atoms with Gasteiger partial charge in [0.15, 0.2) is 0 Å². The third kappa shape index (κ3) is 5.84.